The van der Waals surface area contributed by atoms with E-state index in [9.17, 15) is 18.0 Å². The molecule has 0 fully saturated rings. The lowest BCUT2D eigenvalue weighted by atomic mass is 10.1. The van der Waals surface area contributed by atoms with E-state index < -0.39 is 11.7 Å². The molecule has 0 atom stereocenters. The molecule has 0 aliphatic carbocycles. The quantitative estimate of drug-likeness (QED) is 0.399. The summed E-state index contributed by atoms with van der Waals surface area (Å²) in [6, 6.07) is 14.3. The minimum atomic E-state index is -4.40. The SMILES string of the molecule is Cc1ccnn1CCC(=O)NCc1nc(NCc2cccc(C(F)(F)F)c2)c2ccccc2n1. The van der Waals surface area contributed by atoms with Gasteiger partial charge in [0, 0.05) is 36.8 Å². The van der Waals surface area contributed by atoms with Crippen LogP contribution in [0.4, 0.5) is 19.0 Å². The number of hydrogen-bond acceptors (Lipinski definition) is 5. The molecule has 176 valence electrons. The van der Waals surface area contributed by atoms with Gasteiger partial charge in [-0.15, -0.1) is 0 Å². The number of nitrogens with one attached hydrogen (secondary N) is 2. The Balaban J connectivity index is 1.45. The summed E-state index contributed by atoms with van der Waals surface area (Å²) in [6.45, 7) is 2.66. The number of hydrogen-bond donors (Lipinski definition) is 2. The minimum absolute atomic E-state index is 0.125. The van der Waals surface area contributed by atoms with E-state index in [0.29, 0.717) is 29.3 Å². The van der Waals surface area contributed by atoms with Gasteiger partial charge < -0.3 is 10.6 Å². The second-order valence-electron chi connectivity index (χ2n) is 7.78. The predicted octanol–water partition coefficient (Wildman–Crippen LogP) is 4.47. The topological polar surface area (TPSA) is 84.7 Å². The largest absolute Gasteiger partial charge is 0.416 e. The fourth-order valence-corrected chi connectivity index (χ4v) is 3.49. The normalized spacial score (nSPS) is 11.5. The third-order valence-corrected chi connectivity index (χ3v) is 5.29. The Kier molecular flexibility index (Phi) is 6.76. The Hall–Kier alpha value is -3.95. The molecule has 0 aliphatic heterocycles. The lowest BCUT2D eigenvalue weighted by Crippen LogP contribution is -2.25. The molecule has 34 heavy (non-hydrogen) atoms. The van der Waals surface area contributed by atoms with Gasteiger partial charge in [0.15, 0.2) is 5.82 Å². The number of halogens is 3. The van der Waals surface area contributed by atoms with Gasteiger partial charge in [-0.25, -0.2) is 9.97 Å². The maximum absolute atomic E-state index is 13.0. The van der Waals surface area contributed by atoms with Gasteiger partial charge in [0.2, 0.25) is 5.91 Å². The van der Waals surface area contributed by atoms with E-state index in [1.807, 2.05) is 37.3 Å². The lowest BCUT2D eigenvalue weighted by Gasteiger charge is -2.13. The number of fused-ring (bicyclic) bond motifs is 1. The van der Waals surface area contributed by atoms with Crippen LogP contribution in [0.1, 0.15) is 29.1 Å². The fraction of sp³-hybridized carbons (Fsp3) is 0.250. The maximum atomic E-state index is 13.0. The summed E-state index contributed by atoms with van der Waals surface area (Å²) in [7, 11) is 0. The highest BCUT2D eigenvalue weighted by molar-refractivity contribution is 5.89. The molecule has 10 heteroatoms. The van der Waals surface area contributed by atoms with Gasteiger partial charge in [-0.05, 0) is 42.8 Å². The van der Waals surface area contributed by atoms with Crippen LogP contribution in [0.2, 0.25) is 0 Å². The van der Waals surface area contributed by atoms with Gasteiger partial charge in [0.05, 0.1) is 17.6 Å². The zero-order valence-electron chi connectivity index (χ0n) is 18.4. The zero-order valence-corrected chi connectivity index (χ0v) is 18.4. The van der Waals surface area contributed by atoms with Crippen LogP contribution in [0.3, 0.4) is 0 Å². The number of para-hydroxylation sites is 1. The van der Waals surface area contributed by atoms with Gasteiger partial charge in [-0.2, -0.15) is 18.3 Å². The summed E-state index contributed by atoms with van der Waals surface area (Å²) in [5, 5.41) is 10.8. The van der Waals surface area contributed by atoms with Crippen LogP contribution in [0.25, 0.3) is 10.9 Å². The average Bonchev–Trinajstić information content (AvgIpc) is 3.24. The number of carbonyl (C=O) groups excluding carboxylic acids is 1. The second kappa shape index (κ2) is 9.90. The smallest absolute Gasteiger partial charge is 0.365 e. The average molecular weight is 468 g/mol. The number of benzene rings is 2. The van der Waals surface area contributed by atoms with Crippen molar-refractivity contribution < 1.29 is 18.0 Å². The Morgan fingerprint density at radius 3 is 2.62 bits per heavy atom. The highest BCUT2D eigenvalue weighted by atomic mass is 19.4. The number of carbonyl (C=O) groups is 1. The molecule has 0 aliphatic rings. The van der Waals surface area contributed by atoms with Gasteiger partial charge in [0.25, 0.3) is 0 Å². The number of alkyl halides is 3. The van der Waals surface area contributed by atoms with Crippen LogP contribution >= 0.6 is 0 Å². The van der Waals surface area contributed by atoms with E-state index in [2.05, 4.69) is 25.7 Å². The first kappa shape index (κ1) is 23.2. The molecule has 7 nitrogen and oxygen atoms in total. The Morgan fingerprint density at radius 2 is 1.85 bits per heavy atom. The first-order chi connectivity index (χ1) is 16.3. The van der Waals surface area contributed by atoms with Crippen LogP contribution in [-0.4, -0.2) is 25.7 Å². The highest BCUT2D eigenvalue weighted by Crippen LogP contribution is 2.30. The fourth-order valence-electron chi connectivity index (χ4n) is 3.49. The molecule has 1 amide bonds. The third kappa shape index (κ3) is 5.69. The van der Waals surface area contributed by atoms with E-state index >= 15 is 0 Å². The molecule has 2 aromatic heterocycles. The second-order valence-corrected chi connectivity index (χ2v) is 7.78. The van der Waals surface area contributed by atoms with Crippen molar-refractivity contribution in [3.63, 3.8) is 0 Å². The zero-order chi connectivity index (χ0) is 24.1. The molecule has 0 saturated heterocycles. The van der Waals surface area contributed by atoms with Crippen molar-refractivity contribution in [2.75, 3.05) is 5.32 Å². The van der Waals surface area contributed by atoms with Gasteiger partial charge in [0.1, 0.15) is 5.82 Å². The maximum Gasteiger partial charge on any atom is 0.416 e. The summed E-state index contributed by atoms with van der Waals surface area (Å²) < 4.78 is 40.8. The van der Waals surface area contributed by atoms with Crippen molar-refractivity contribution in [1.29, 1.82) is 0 Å². The first-order valence-corrected chi connectivity index (χ1v) is 10.7. The molecular formula is C24H23F3N6O. The molecule has 0 spiro atoms. The number of aromatic nitrogens is 4. The minimum Gasteiger partial charge on any atom is -0.365 e. The van der Waals surface area contributed by atoms with Gasteiger partial charge >= 0.3 is 6.18 Å². The molecule has 2 aromatic carbocycles. The van der Waals surface area contributed by atoms with Crippen molar-refractivity contribution in [2.24, 2.45) is 0 Å². The summed E-state index contributed by atoms with van der Waals surface area (Å²) >= 11 is 0. The Bertz CT molecular complexity index is 1300. The van der Waals surface area contributed by atoms with Crippen LogP contribution in [0, 0.1) is 6.92 Å². The summed E-state index contributed by atoms with van der Waals surface area (Å²) in [6.07, 6.45) is -2.46. The van der Waals surface area contributed by atoms with Crippen molar-refractivity contribution in [3.8, 4) is 0 Å². The van der Waals surface area contributed by atoms with Gasteiger partial charge in [-0.1, -0.05) is 24.3 Å². The molecule has 0 radical (unpaired) electrons. The van der Waals surface area contributed by atoms with Crippen molar-refractivity contribution in [3.05, 3.63) is 83.4 Å². The Labute approximate surface area is 194 Å². The number of rotatable bonds is 8. The van der Waals surface area contributed by atoms with Crippen molar-refractivity contribution >= 4 is 22.6 Å². The van der Waals surface area contributed by atoms with E-state index in [4.69, 9.17) is 0 Å². The van der Waals surface area contributed by atoms with Crippen LogP contribution in [0.5, 0.6) is 0 Å². The van der Waals surface area contributed by atoms with Crippen LogP contribution in [0.15, 0.2) is 60.8 Å². The van der Waals surface area contributed by atoms with Crippen LogP contribution < -0.4 is 10.6 Å². The van der Waals surface area contributed by atoms with E-state index in [1.165, 1.54) is 6.07 Å². The molecule has 2 N–H and O–H groups in total. The summed E-state index contributed by atoms with van der Waals surface area (Å²) in [4.78, 5) is 21.3. The monoisotopic (exact) mass is 468 g/mol. The number of nitrogens with zero attached hydrogens (tertiary/aromatic N) is 4. The number of anilines is 1. The molecule has 0 saturated carbocycles. The molecule has 0 unspecified atom stereocenters. The van der Waals surface area contributed by atoms with Crippen molar-refractivity contribution in [2.45, 2.75) is 39.2 Å². The van der Waals surface area contributed by atoms with E-state index in [1.54, 1.807) is 16.9 Å². The van der Waals surface area contributed by atoms with Gasteiger partial charge in [-0.3, -0.25) is 9.48 Å². The molecular weight excluding hydrogens is 445 g/mol. The lowest BCUT2D eigenvalue weighted by molar-refractivity contribution is -0.137. The first-order valence-electron chi connectivity index (χ1n) is 10.7. The van der Waals surface area contributed by atoms with Crippen LogP contribution in [-0.2, 0) is 30.6 Å². The Morgan fingerprint density at radius 1 is 1.03 bits per heavy atom. The standard InChI is InChI=1S/C24H23F3N6O/c1-16-9-11-30-33(16)12-10-22(34)28-15-21-31-20-8-3-2-7-19(20)23(32-21)29-14-17-5-4-6-18(13-17)24(25,26)27/h2-9,11,13H,10,12,14-15H2,1H3,(H,28,34)(H,29,31,32). The number of amides is 1. The van der Waals surface area contributed by atoms with Crippen molar-refractivity contribution in [1.82, 2.24) is 25.1 Å². The molecule has 2 heterocycles. The third-order valence-electron chi connectivity index (χ3n) is 5.29. The molecule has 4 aromatic rings. The summed E-state index contributed by atoms with van der Waals surface area (Å²) in [5.41, 5.74) is 1.41. The predicted molar refractivity (Wildman–Crippen MR) is 122 cm³/mol. The summed E-state index contributed by atoms with van der Waals surface area (Å²) in [5.74, 6) is 0.721. The molecule has 0 bridgehead atoms. The number of aryl methyl sites for hydroxylation is 2. The highest BCUT2D eigenvalue weighted by Gasteiger charge is 2.30. The van der Waals surface area contributed by atoms with E-state index in [0.717, 1.165) is 23.2 Å². The van der Waals surface area contributed by atoms with E-state index in [-0.39, 0.29) is 25.4 Å². The molecule has 4 rings (SSSR count).